The molecule has 1 unspecified atom stereocenters. The Bertz CT molecular complexity index is 1230. The number of carbonyl (C=O) groups excluding carboxylic acids is 1. The number of nitrogens with one attached hydrogen (secondary N) is 1. The first-order valence-corrected chi connectivity index (χ1v) is 13.3. The van der Waals surface area contributed by atoms with Crippen LogP contribution in [0.4, 0.5) is 24.8 Å². The molecule has 8 nitrogen and oxygen atoms in total. The Labute approximate surface area is 209 Å². The number of halogens is 3. The van der Waals surface area contributed by atoms with Gasteiger partial charge in [-0.15, -0.1) is 0 Å². The molecular formula is C24H30F3N5O3S. The molecule has 4 heterocycles. The Balaban J connectivity index is 1.52. The van der Waals surface area contributed by atoms with Crippen molar-refractivity contribution in [3.63, 3.8) is 0 Å². The van der Waals surface area contributed by atoms with E-state index in [1.165, 1.54) is 18.2 Å². The molecule has 0 spiro atoms. The summed E-state index contributed by atoms with van der Waals surface area (Å²) >= 11 is 0. The molecule has 0 radical (unpaired) electrons. The number of sulfonamides is 1. The fraction of sp³-hybridized carbons (Fsp3) is 0.542. The zero-order valence-corrected chi connectivity index (χ0v) is 21.2. The van der Waals surface area contributed by atoms with E-state index in [0.717, 1.165) is 6.42 Å². The maximum Gasteiger partial charge on any atom is 0.391 e. The number of anilines is 2. The van der Waals surface area contributed by atoms with Crippen LogP contribution in [0, 0.1) is 11.8 Å². The summed E-state index contributed by atoms with van der Waals surface area (Å²) in [5.41, 5.74) is -0.120. The number of nitrogens with zero attached hydrogens (tertiary/aromatic N) is 4. The third kappa shape index (κ3) is 5.42. The van der Waals surface area contributed by atoms with E-state index in [0.29, 0.717) is 18.3 Å². The van der Waals surface area contributed by atoms with Gasteiger partial charge in [-0.3, -0.25) is 4.79 Å². The molecule has 4 rings (SSSR count). The van der Waals surface area contributed by atoms with Crippen molar-refractivity contribution in [2.45, 2.75) is 56.8 Å². The first-order valence-electron chi connectivity index (χ1n) is 11.9. The fourth-order valence-electron chi connectivity index (χ4n) is 5.14. The van der Waals surface area contributed by atoms with Crippen LogP contribution in [-0.2, 0) is 10.0 Å². The third-order valence-electron chi connectivity index (χ3n) is 6.85. The Morgan fingerprint density at radius 1 is 1.14 bits per heavy atom. The van der Waals surface area contributed by atoms with E-state index in [9.17, 15) is 26.4 Å². The summed E-state index contributed by atoms with van der Waals surface area (Å²) in [5, 5.41) is -0.383. The molecule has 2 aliphatic rings. The van der Waals surface area contributed by atoms with Crippen LogP contribution in [0.25, 0.3) is 0 Å². The molecule has 0 aromatic carbocycles. The average Bonchev–Trinajstić information content (AvgIpc) is 3.10. The Kier molecular flexibility index (Phi) is 6.93. The van der Waals surface area contributed by atoms with Crippen LogP contribution in [-0.4, -0.2) is 55.6 Å². The number of pyridine rings is 2. The van der Waals surface area contributed by atoms with Gasteiger partial charge in [0.15, 0.2) is 5.03 Å². The lowest BCUT2D eigenvalue weighted by Gasteiger charge is -2.33. The molecule has 1 amide bonds. The first-order chi connectivity index (χ1) is 16.8. The highest BCUT2D eigenvalue weighted by molar-refractivity contribution is 7.90. The van der Waals surface area contributed by atoms with E-state index in [1.54, 1.807) is 23.2 Å². The lowest BCUT2D eigenvalue weighted by atomic mass is 9.96. The predicted molar refractivity (Wildman–Crippen MR) is 129 cm³/mol. The number of rotatable bonds is 5. The maximum atomic E-state index is 13.1. The van der Waals surface area contributed by atoms with Gasteiger partial charge in [0.2, 0.25) is 0 Å². The third-order valence-corrected chi connectivity index (χ3v) is 8.09. The van der Waals surface area contributed by atoms with E-state index in [2.05, 4.69) is 35.5 Å². The number of aromatic nitrogens is 2. The maximum absolute atomic E-state index is 13.1. The second-order valence-electron chi connectivity index (χ2n) is 10.2. The summed E-state index contributed by atoms with van der Waals surface area (Å²) in [6, 6.07) is 7.35. The standard InChI is InChI=1S/C24H30F3N5O3S/c1-16-14-23(2,3)32(15-16)21-18(6-5-11-28-21)22(33)30-36(34,35)20-8-4-7-19(29-20)31-12-9-17(10-13-31)24(25,26)27/h4-8,11,16-17H,9-10,12-15H2,1-3H3,(H,30,33). The Morgan fingerprint density at radius 3 is 2.44 bits per heavy atom. The van der Waals surface area contributed by atoms with Gasteiger partial charge in [-0.2, -0.15) is 21.6 Å². The second-order valence-corrected chi connectivity index (χ2v) is 11.8. The average molecular weight is 526 g/mol. The van der Waals surface area contributed by atoms with Crippen LogP contribution in [0.5, 0.6) is 0 Å². The number of hydrogen-bond donors (Lipinski definition) is 1. The first kappa shape index (κ1) is 26.2. The largest absolute Gasteiger partial charge is 0.391 e. The van der Waals surface area contributed by atoms with Gasteiger partial charge in [-0.1, -0.05) is 13.0 Å². The molecule has 0 aliphatic carbocycles. The van der Waals surface area contributed by atoms with Crippen LogP contribution < -0.4 is 14.5 Å². The van der Waals surface area contributed by atoms with Gasteiger partial charge in [0.05, 0.1) is 11.5 Å². The van der Waals surface area contributed by atoms with E-state index in [-0.39, 0.29) is 47.9 Å². The van der Waals surface area contributed by atoms with Crippen molar-refractivity contribution in [3.05, 3.63) is 42.1 Å². The summed E-state index contributed by atoms with van der Waals surface area (Å²) in [5.74, 6) is -1.16. The van der Waals surface area contributed by atoms with Gasteiger partial charge in [0, 0.05) is 31.4 Å². The zero-order chi connectivity index (χ0) is 26.3. The predicted octanol–water partition coefficient (Wildman–Crippen LogP) is 4.00. The van der Waals surface area contributed by atoms with Crippen LogP contribution >= 0.6 is 0 Å². The molecule has 2 aliphatic heterocycles. The minimum atomic E-state index is -4.35. The highest BCUT2D eigenvalue weighted by Crippen LogP contribution is 2.37. The summed E-state index contributed by atoms with van der Waals surface area (Å²) < 4.78 is 67.1. The number of piperidine rings is 1. The zero-order valence-electron chi connectivity index (χ0n) is 20.4. The van der Waals surface area contributed by atoms with Crippen molar-refractivity contribution in [1.82, 2.24) is 14.7 Å². The van der Waals surface area contributed by atoms with Crippen molar-refractivity contribution < 1.29 is 26.4 Å². The van der Waals surface area contributed by atoms with Crippen molar-refractivity contribution >= 4 is 27.6 Å². The van der Waals surface area contributed by atoms with Crippen molar-refractivity contribution in [2.24, 2.45) is 11.8 Å². The Hall–Kier alpha value is -2.89. The molecule has 2 fully saturated rings. The number of hydrogen-bond acceptors (Lipinski definition) is 7. The van der Waals surface area contributed by atoms with Crippen LogP contribution in [0.15, 0.2) is 41.6 Å². The summed E-state index contributed by atoms with van der Waals surface area (Å²) in [7, 11) is -4.35. The van der Waals surface area contributed by atoms with Gasteiger partial charge in [-0.05, 0) is 63.3 Å². The summed E-state index contributed by atoms with van der Waals surface area (Å²) in [6.45, 7) is 7.12. The smallest absolute Gasteiger partial charge is 0.357 e. The number of amides is 1. The van der Waals surface area contributed by atoms with Crippen LogP contribution in [0.1, 0.15) is 50.4 Å². The van der Waals surface area contributed by atoms with Gasteiger partial charge >= 0.3 is 6.18 Å². The quantitative estimate of drug-likeness (QED) is 0.631. The Morgan fingerprint density at radius 2 is 1.83 bits per heavy atom. The molecule has 2 saturated heterocycles. The van der Waals surface area contributed by atoms with E-state index >= 15 is 0 Å². The van der Waals surface area contributed by atoms with Crippen LogP contribution in [0.2, 0.25) is 0 Å². The topological polar surface area (TPSA) is 95.5 Å². The minimum Gasteiger partial charge on any atom is -0.357 e. The molecule has 196 valence electrons. The molecule has 1 atom stereocenters. The number of alkyl halides is 3. The van der Waals surface area contributed by atoms with Gasteiger partial charge in [0.25, 0.3) is 15.9 Å². The minimum absolute atomic E-state index is 0.0891. The van der Waals surface area contributed by atoms with Gasteiger partial charge < -0.3 is 9.80 Å². The molecule has 12 heteroatoms. The monoisotopic (exact) mass is 525 g/mol. The molecule has 2 aromatic heterocycles. The van der Waals surface area contributed by atoms with E-state index in [4.69, 9.17) is 0 Å². The van der Waals surface area contributed by atoms with Gasteiger partial charge in [-0.25, -0.2) is 14.7 Å². The summed E-state index contributed by atoms with van der Waals surface area (Å²) in [4.78, 5) is 25.3. The van der Waals surface area contributed by atoms with E-state index in [1.807, 2.05) is 4.90 Å². The lowest BCUT2D eigenvalue weighted by Crippen LogP contribution is -2.41. The van der Waals surface area contributed by atoms with Crippen molar-refractivity contribution in [2.75, 3.05) is 29.4 Å². The lowest BCUT2D eigenvalue weighted by molar-refractivity contribution is -0.179. The van der Waals surface area contributed by atoms with E-state index < -0.39 is 28.0 Å². The molecule has 36 heavy (non-hydrogen) atoms. The molecule has 1 N–H and O–H groups in total. The van der Waals surface area contributed by atoms with Crippen LogP contribution in [0.3, 0.4) is 0 Å². The highest BCUT2D eigenvalue weighted by atomic mass is 32.2. The van der Waals surface area contributed by atoms with Crippen molar-refractivity contribution in [1.29, 1.82) is 0 Å². The molecule has 0 bridgehead atoms. The molecular weight excluding hydrogens is 495 g/mol. The summed E-state index contributed by atoms with van der Waals surface area (Å²) in [6.07, 6.45) is -1.96. The van der Waals surface area contributed by atoms with Crippen molar-refractivity contribution in [3.8, 4) is 0 Å². The normalized spacial score (nSPS) is 21.0. The number of carbonyl (C=O) groups is 1. The molecule has 2 aromatic rings. The SMILES string of the molecule is CC1CN(c2ncccc2C(=O)NS(=O)(=O)c2cccc(N3CCC(C(F)(F)F)CC3)n2)C(C)(C)C1. The molecule has 0 saturated carbocycles. The highest BCUT2D eigenvalue weighted by Gasteiger charge is 2.41. The fourth-order valence-corrected chi connectivity index (χ4v) is 6.07. The van der Waals surface area contributed by atoms with Gasteiger partial charge in [0.1, 0.15) is 11.6 Å². The second kappa shape index (κ2) is 9.53.